The number of amides is 1. The number of hydrogen-bond donors (Lipinski definition) is 1. The Balaban J connectivity index is 1.74. The lowest BCUT2D eigenvalue weighted by molar-refractivity contribution is -0.111. The molecule has 0 aliphatic carbocycles. The van der Waals surface area contributed by atoms with E-state index in [1.807, 2.05) is 61.5 Å². The molecule has 0 bridgehead atoms. The fourth-order valence-corrected chi connectivity index (χ4v) is 2.86. The number of methoxy groups -OCH3 is 2. The lowest BCUT2D eigenvalue weighted by Gasteiger charge is -2.15. The lowest BCUT2D eigenvalue weighted by Crippen LogP contribution is -2.07. The standard InChI is InChI=1S/C25H25NO4/c1-18-9-12-21(13-10-18)26-24(27)14-11-20-15-22(28-2)25(23(16-20)29-3)30-17-19-7-5-4-6-8-19/h4-16H,17H2,1-3H3,(H,26,27). The van der Waals surface area contributed by atoms with Gasteiger partial charge in [-0.15, -0.1) is 0 Å². The van der Waals surface area contributed by atoms with E-state index < -0.39 is 0 Å². The van der Waals surface area contributed by atoms with Crippen molar-refractivity contribution >= 4 is 17.7 Å². The van der Waals surface area contributed by atoms with Crippen molar-refractivity contribution in [3.63, 3.8) is 0 Å². The Morgan fingerprint density at radius 2 is 1.57 bits per heavy atom. The maximum absolute atomic E-state index is 12.2. The number of ether oxygens (including phenoxy) is 3. The molecule has 0 heterocycles. The van der Waals surface area contributed by atoms with Gasteiger partial charge < -0.3 is 19.5 Å². The van der Waals surface area contributed by atoms with Gasteiger partial charge in [0.25, 0.3) is 0 Å². The SMILES string of the molecule is COc1cc(C=CC(=O)Nc2ccc(C)cc2)cc(OC)c1OCc1ccccc1. The third kappa shape index (κ3) is 5.64. The third-order valence-electron chi connectivity index (χ3n) is 4.46. The lowest BCUT2D eigenvalue weighted by atomic mass is 10.1. The molecule has 3 aromatic carbocycles. The van der Waals surface area contributed by atoms with Crippen LogP contribution in [0.2, 0.25) is 0 Å². The molecular weight excluding hydrogens is 378 g/mol. The van der Waals surface area contributed by atoms with Crippen LogP contribution in [0.4, 0.5) is 5.69 Å². The molecule has 3 aromatic rings. The number of carbonyl (C=O) groups excluding carboxylic acids is 1. The summed E-state index contributed by atoms with van der Waals surface area (Å²) in [4.78, 5) is 12.2. The van der Waals surface area contributed by atoms with Crippen LogP contribution in [0.1, 0.15) is 16.7 Å². The summed E-state index contributed by atoms with van der Waals surface area (Å²) in [5, 5.41) is 2.83. The first kappa shape index (κ1) is 21.0. The minimum absolute atomic E-state index is 0.221. The molecule has 0 fully saturated rings. The molecule has 0 saturated heterocycles. The van der Waals surface area contributed by atoms with Gasteiger partial charge in [0.1, 0.15) is 6.61 Å². The van der Waals surface area contributed by atoms with Crippen LogP contribution in [0.3, 0.4) is 0 Å². The zero-order valence-corrected chi connectivity index (χ0v) is 17.3. The highest BCUT2D eigenvalue weighted by molar-refractivity contribution is 6.02. The summed E-state index contributed by atoms with van der Waals surface area (Å²) in [6, 6.07) is 21.1. The van der Waals surface area contributed by atoms with Gasteiger partial charge in [0.2, 0.25) is 11.7 Å². The van der Waals surface area contributed by atoms with Gasteiger partial charge in [0, 0.05) is 11.8 Å². The second-order valence-corrected chi connectivity index (χ2v) is 6.72. The summed E-state index contributed by atoms with van der Waals surface area (Å²) >= 11 is 0. The fraction of sp³-hybridized carbons (Fsp3) is 0.160. The van der Waals surface area contributed by atoms with Gasteiger partial charge in [-0.1, -0.05) is 48.0 Å². The van der Waals surface area contributed by atoms with Crippen LogP contribution < -0.4 is 19.5 Å². The number of aryl methyl sites for hydroxylation is 1. The Morgan fingerprint density at radius 1 is 0.933 bits per heavy atom. The molecule has 0 aliphatic rings. The molecular formula is C25H25NO4. The van der Waals surface area contributed by atoms with Crippen LogP contribution in [-0.4, -0.2) is 20.1 Å². The second kappa shape index (κ2) is 10.2. The largest absolute Gasteiger partial charge is 0.493 e. The quantitative estimate of drug-likeness (QED) is 0.523. The van der Waals surface area contributed by atoms with E-state index in [1.54, 1.807) is 32.4 Å². The van der Waals surface area contributed by atoms with Crippen LogP contribution in [0, 0.1) is 6.92 Å². The van der Waals surface area contributed by atoms with Gasteiger partial charge in [0.05, 0.1) is 14.2 Å². The number of nitrogens with one attached hydrogen (secondary N) is 1. The molecule has 30 heavy (non-hydrogen) atoms. The summed E-state index contributed by atoms with van der Waals surface area (Å²) in [5.74, 6) is 1.36. The maximum atomic E-state index is 12.2. The predicted octanol–water partition coefficient (Wildman–Crippen LogP) is 5.24. The Labute approximate surface area is 176 Å². The van der Waals surface area contributed by atoms with E-state index in [4.69, 9.17) is 14.2 Å². The number of benzene rings is 3. The minimum Gasteiger partial charge on any atom is -0.493 e. The van der Waals surface area contributed by atoms with E-state index in [0.29, 0.717) is 23.9 Å². The molecule has 1 amide bonds. The first-order valence-corrected chi connectivity index (χ1v) is 9.57. The first-order valence-electron chi connectivity index (χ1n) is 9.57. The molecule has 0 spiro atoms. The average Bonchev–Trinajstić information content (AvgIpc) is 2.78. The Hall–Kier alpha value is -3.73. The number of hydrogen-bond acceptors (Lipinski definition) is 4. The maximum Gasteiger partial charge on any atom is 0.248 e. The Morgan fingerprint density at radius 3 is 2.17 bits per heavy atom. The molecule has 0 atom stereocenters. The van der Waals surface area contributed by atoms with E-state index in [0.717, 1.165) is 22.4 Å². The fourth-order valence-electron chi connectivity index (χ4n) is 2.86. The van der Waals surface area contributed by atoms with E-state index in [-0.39, 0.29) is 5.91 Å². The topological polar surface area (TPSA) is 56.8 Å². The second-order valence-electron chi connectivity index (χ2n) is 6.72. The van der Waals surface area contributed by atoms with Crippen molar-refractivity contribution in [2.45, 2.75) is 13.5 Å². The molecule has 5 nitrogen and oxygen atoms in total. The molecule has 0 radical (unpaired) electrons. The van der Waals surface area contributed by atoms with Crippen LogP contribution in [0.15, 0.2) is 72.8 Å². The van der Waals surface area contributed by atoms with Crippen molar-refractivity contribution < 1.29 is 19.0 Å². The smallest absolute Gasteiger partial charge is 0.248 e. The van der Waals surface area contributed by atoms with Gasteiger partial charge in [-0.2, -0.15) is 0 Å². The summed E-state index contributed by atoms with van der Waals surface area (Å²) in [5.41, 5.74) is 3.68. The van der Waals surface area contributed by atoms with Crippen molar-refractivity contribution in [2.24, 2.45) is 0 Å². The molecule has 0 saturated carbocycles. The van der Waals surface area contributed by atoms with Crippen LogP contribution in [-0.2, 0) is 11.4 Å². The number of carbonyl (C=O) groups is 1. The normalized spacial score (nSPS) is 10.6. The molecule has 0 aliphatic heterocycles. The highest BCUT2D eigenvalue weighted by Gasteiger charge is 2.14. The van der Waals surface area contributed by atoms with E-state index >= 15 is 0 Å². The highest BCUT2D eigenvalue weighted by atomic mass is 16.5. The third-order valence-corrected chi connectivity index (χ3v) is 4.46. The predicted molar refractivity (Wildman–Crippen MR) is 119 cm³/mol. The van der Waals surface area contributed by atoms with Gasteiger partial charge in [-0.25, -0.2) is 0 Å². The molecule has 0 aromatic heterocycles. The van der Waals surface area contributed by atoms with E-state index in [2.05, 4.69) is 5.32 Å². The monoisotopic (exact) mass is 403 g/mol. The van der Waals surface area contributed by atoms with Crippen molar-refractivity contribution in [1.82, 2.24) is 0 Å². The molecule has 0 unspecified atom stereocenters. The highest BCUT2D eigenvalue weighted by Crippen LogP contribution is 2.39. The number of anilines is 1. The van der Waals surface area contributed by atoms with E-state index in [9.17, 15) is 4.79 Å². The molecule has 154 valence electrons. The van der Waals surface area contributed by atoms with E-state index in [1.165, 1.54) is 6.08 Å². The van der Waals surface area contributed by atoms with Crippen molar-refractivity contribution in [1.29, 1.82) is 0 Å². The van der Waals surface area contributed by atoms with Crippen LogP contribution in [0.5, 0.6) is 17.2 Å². The van der Waals surface area contributed by atoms with Gasteiger partial charge in [0.15, 0.2) is 11.5 Å². The van der Waals surface area contributed by atoms with Crippen molar-refractivity contribution in [3.05, 3.63) is 89.5 Å². The summed E-state index contributed by atoms with van der Waals surface area (Å²) in [6.45, 7) is 2.39. The summed E-state index contributed by atoms with van der Waals surface area (Å²) in [7, 11) is 3.14. The first-order chi connectivity index (χ1) is 14.6. The zero-order valence-electron chi connectivity index (χ0n) is 17.3. The summed E-state index contributed by atoms with van der Waals surface area (Å²) < 4.78 is 16.9. The van der Waals surface area contributed by atoms with Crippen LogP contribution >= 0.6 is 0 Å². The van der Waals surface area contributed by atoms with Gasteiger partial charge in [-0.3, -0.25) is 4.79 Å². The van der Waals surface area contributed by atoms with Crippen molar-refractivity contribution in [3.8, 4) is 17.2 Å². The number of rotatable bonds is 8. The average molecular weight is 403 g/mol. The molecule has 3 rings (SSSR count). The zero-order chi connectivity index (χ0) is 21.3. The molecule has 5 heteroatoms. The summed E-state index contributed by atoms with van der Waals surface area (Å²) in [6.07, 6.45) is 3.17. The Kier molecular flexibility index (Phi) is 7.11. The minimum atomic E-state index is -0.221. The van der Waals surface area contributed by atoms with Gasteiger partial charge in [-0.05, 0) is 48.4 Å². The Bertz CT molecular complexity index is 986. The van der Waals surface area contributed by atoms with Crippen LogP contribution in [0.25, 0.3) is 6.08 Å². The van der Waals surface area contributed by atoms with Crippen molar-refractivity contribution in [2.75, 3.05) is 19.5 Å². The van der Waals surface area contributed by atoms with Gasteiger partial charge >= 0.3 is 0 Å². The molecule has 1 N–H and O–H groups in total.